The molecule has 2 aromatic rings. The van der Waals surface area contributed by atoms with Crippen molar-refractivity contribution < 1.29 is 42.4 Å². The molecule has 2 aliphatic rings. The van der Waals surface area contributed by atoms with E-state index in [1.165, 1.54) is 18.2 Å². The first-order valence-corrected chi connectivity index (χ1v) is 10.1. The number of hydrogen-bond donors (Lipinski definition) is 4. The van der Waals surface area contributed by atoms with E-state index in [-0.39, 0.29) is 36.9 Å². The number of halogens is 1. The summed E-state index contributed by atoms with van der Waals surface area (Å²) in [6.07, 6.45) is 3.69. The first-order chi connectivity index (χ1) is 14.9. The Labute approximate surface area is 197 Å². The number of nitrogens with zero attached hydrogens (tertiary/aromatic N) is 1. The van der Waals surface area contributed by atoms with E-state index in [2.05, 4.69) is 26.7 Å². The number of aromatic nitrogens is 1. The molecule has 1 aromatic heterocycles. The number of hydrogen-bond acceptors (Lipinski definition) is 5. The Morgan fingerprint density at radius 3 is 2.91 bits per heavy atom. The van der Waals surface area contributed by atoms with E-state index >= 15 is 0 Å². The number of carbonyl (C=O) groups excluding carboxylic acids is 2. The second-order valence-electron chi connectivity index (χ2n) is 7.64. The predicted molar refractivity (Wildman–Crippen MR) is 113 cm³/mol. The number of aliphatic hydroxyl groups is 1. The molecule has 1 saturated heterocycles. The summed E-state index contributed by atoms with van der Waals surface area (Å²) in [4.78, 5) is 29.8. The van der Waals surface area contributed by atoms with Gasteiger partial charge < -0.3 is 30.3 Å². The van der Waals surface area contributed by atoms with E-state index in [1.807, 2.05) is 0 Å². The van der Waals surface area contributed by atoms with Crippen LogP contribution in [0, 0.1) is 18.9 Å². The monoisotopic (exact) mass is 478 g/mol. The second kappa shape index (κ2) is 10.5. The number of aliphatic hydroxyl groups excluding tert-OH is 1. The van der Waals surface area contributed by atoms with Crippen LogP contribution in [0.4, 0.5) is 10.1 Å². The zero-order chi connectivity index (χ0) is 22.0. The second-order valence-corrected chi connectivity index (χ2v) is 7.64. The standard InChI is InChI=1S/C22H24FN4O4.V/c1-13-18(21(29)25-10-15(28)12-27-4-6-31-7-5-27)11-24-20(13)9-17-16-8-14(23)2-3-19(16)26-22(17)30;/h2-3,8-9,15,24,28H,4-7,10,12H2,1H3,(H,25,29)(H,26,30);/q-1;/b17-9-;/t15-;/m0./s1. The molecule has 2 amide bonds. The van der Waals surface area contributed by atoms with Gasteiger partial charge in [0.25, 0.3) is 5.91 Å². The van der Waals surface area contributed by atoms with Crippen LogP contribution in [0.3, 0.4) is 0 Å². The van der Waals surface area contributed by atoms with Crippen LogP contribution in [0.1, 0.15) is 27.2 Å². The quantitative estimate of drug-likeness (QED) is 0.369. The number of morpholine rings is 1. The van der Waals surface area contributed by atoms with Crippen molar-refractivity contribution in [2.75, 3.05) is 44.7 Å². The zero-order valence-electron chi connectivity index (χ0n) is 17.6. The molecule has 4 rings (SSSR count). The number of fused-ring (bicyclic) bond motifs is 1. The Morgan fingerprint density at radius 1 is 1.41 bits per heavy atom. The van der Waals surface area contributed by atoms with Gasteiger partial charge in [0.2, 0.25) is 0 Å². The predicted octanol–water partition coefficient (Wildman–Crippen LogP) is 1.18. The van der Waals surface area contributed by atoms with Crippen molar-refractivity contribution >= 4 is 29.2 Å². The van der Waals surface area contributed by atoms with Crippen molar-refractivity contribution in [1.82, 2.24) is 15.2 Å². The SMILES string of the molecule is Cc1c(C(=O)NC[C@H](O)CN2CCOCC2)[c-][nH]c1/C=C1\C(=O)Nc2ccc(F)cc21.[V]. The minimum Gasteiger partial charge on any atom is -0.446 e. The molecule has 0 saturated carbocycles. The number of anilines is 1. The molecule has 0 unspecified atom stereocenters. The molecular formula is C22H24FN4O4V-. The molecule has 3 heterocycles. The van der Waals surface area contributed by atoms with Crippen LogP contribution >= 0.6 is 0 Å². The Bertz CT molecular complexity index is 1030. The number of ether oxygens (including phenoxy) is 1. The third-order valence-electron chi connectivity index (χ3n) is 5.45. The van der Waals surface area contributed by atoms with E-state index in [9.17, 15) is 19.1 Å². The van der Waals surface area contributed by atoms with Gasteiger partial charge in [-0.2, -0.15) is 0 Å². The largest absolute Gasteiger partial charge is 0.446 e. The van der Waals surface area contributed by atoms with Crippen molar-refractivity contribution in [3.63, 3.8) is 0 Å². The maximum atomic E-state index is 13.6. The summed E-state index contributed by atoms with van der Waals surface area (Å²) in [5.41, 5.74) is 2.74. The molecule has 0 bridgehead atoms. The van der Waals surface area contributed by atoms with Crippen LogP contribution < -0.4 is 10.6 Å². The van der Waals surface area contributed by atoms with Gasteiger partial charge >= 0.3 is 0 Å². The number of H-pyrrole nitrogens is 1. The third kappa shape index (κ3) is 5.31. The van der Waals surface area contributed by atoms with Crippen molar-refractivity contribution in [2.45, 2.75) is 13.0 Å². The molecule has 2 aliphatic heterocycles. The van der Waals surface area contributed by atoms with Gasteiger partial charge in [-0.15, -0.1) is 5.56 Å². The van der Waals surface area contributed by atoms with Crippen LogP contribution in [0.25, 0.3) is 11.6 Å². The van der Waals surface area contributed by atoms with Crippen molar-refractivity contribution in [3.05, 3.63) is 52.6 Å². The van der Waals surface area contributed by atoms with Gasteiger partial charge in [0.1, 0.15) is 5.82 Å². The smallest absolute Gasteiger partial charge is 0.255 e. The number of carbonyl (C=O) groups is 2. The molecule has 1 fully saturated rings. The number of nitrogens with one attached hydrogen (secondary N) is 3. The summed E-state index contributed by atoms with van der Waals surface area (Å²) in [6.45, 7) is 5.11. The molecule has 4 N–H and O–H groups in total. The summed E-state index contributed by atoms with van der Waals surface area (Å²) in [6, 6.07) is 4.09. The summed E-state index contributed by atoms with van der Waals surface area (Å²) in [5, 5.41) is 15.6. The van der Waals surface area contributed by atoms with Gasteiger partial charge in [-0.05, 0) is 18.2 Å². The summed E-state index contributed by atoms with van der Waals surface area (Å²) in [5.74, 6) is -1.15. The molecule has 1 atom stereocenters. The van der Waals surface area contributed by atoms with Crippen LogP contribution in [0.5, 0.6) is 0 Å². The summed E-state index contributed by atoms with van der Waals surface area (Å²) >= 11 is 0. The van der Waals surface area contributed by atoms with Gasteiger partial charge in [-0.3, -0.25) is 9.69 Å². The fraction of sp³-hybridized carbons (Fsp3) is 0.364. The van der Waals surface area contributed by atoms with Crippen LogP contribution in [0.2, 0.25) is 0 Å². The fourth-order valence-electron chi connectivity index (χ4n) is 3.72. The summed E-state index contributed by atoms with van der Waals surface area (Å²) < 4.78 is 18.9. The van der Waals surface area contributed by atoms with Crippen molar-refractivity contribution in [1.29, 1.82) is 0 Å². The molecule has 10 heteroatoms. The fourth-order valence-corrected chi connectivity index (χ4v) is 3.72. The average molecular weight is 478 g/mol. The number of benzene rings is 1. The minimum atomic E-state index is -0.698. The van der Waals surface area contributed by atoms with Crippen LogP contribution in [0.15, 0.2) is 18.2 Å². The molecule has 169 valence electrons. The number of rotatable bonds is 6. The van der Waals surface area contributed by atoms with E-state index < -0.39 is 11.9 Å². The van der Waals surface area contributed by atoms with E-state index in [1.54, 1.807) is 13.0 Å². The van der Waals surface area contributed by atoms with Gasteiger partial charge in [0, 0.05) is 61.6 Å². The first-order valence-electron chi connectivity index (χ1n) is 10.1. The molecule has 0 spiro atoms. The molecular weight excluding hydrogens is 454 g/mol. The number of aromatic amines is 1. The number of β-amino-alcohol motifs (C(OH)–C–C–N with tert-alkyl or cyclic N) is 1. The maximum absolute atomic E-state index is 13.6. The maximum Gasteiger partial charge on any atom is 0.255 e. The first kappa shape index (κ1) is 24.2. The summed E-state index contributed by atoms with van der Waals surface area (Å²) in [7, 11) is 0. The average Bonchev–Trinajstić information content (AvgIpc) is 3.27. The van der Waals surface area contributed by atoms with Gasteiger partial charge in [-0.25, -0.2) is 4.39 Å². The molecule has 1 radical (unpaired) electrons. The van der Waals surface area contributed by atoms with Gasteiger partial charge in [0.15, 0.2) is 5.91 Å². The topological polar surface area (TPSA) is 107 Å². The molecule has 1 aromatic carbocycles. The molecule has 32 heavy (non-hydrogen) atoms. The molecule has 8 nitrogen and oxygen atoms in total. The molecule has 0 aliphatic carbocycles. The Morgan fingerprint density at radius 2 is 2.16 bits per heavy atom. The Hall–Kier alpha value is -2.43. The third-order valence-corrected chi connectivity index (χ3v) is 5.45. The van der Waals surface area contributed by atoms with Crippen molar-refractivity contribution in [3.8, 4) is 0 Å². The zero-order valence-corrected chi connectivity index (χ0v) is 19.0. The minimum absolute atomic E-state index is 0. The van der Waals surface area contributed by atoms with Crippen molar-refractivity contribution in [2.24, 2.45) is 0 Å². The Kier molecular flexibility index (Phi) is 7.92. The normalized spacial score (nSPS) is 18.1. The van der Waals surface area contributed by atoms with E-state index in [0.29, 0.717) is 53.4 Å². The van der Waals surface area contributed by atoms with E-state index in [4.69, 9.17) is 4.74 Å². The van der Waals surface area contributed by atoms with Gasteiger partial charge in [-0.1, -0.05) is 30.5 Å². The van der Waals surface area contributed by atoms with Gasteiger partial charge in [0.05, 0.1) is 19.3 Å². The van der Waals surface area contributed by atoms with Crippen LogP contribution in [-0.4, -0.2) is 72.3 Å². The van der Waals surface area contributed by atoms with Crippen LogP contribution in [-0.2, 0) is 28.1 Å². The Balaban J connectivity index is 0.00000289. The number of amides is 2. The van der Waals surface area contributed by atoms with E-state index in [0.717, 1.165) is 13.1 Å².